The smallest absolute Gasteiger partial charge is 0.194 e. The average molecular weight is 466 g/mol. The van der Waals surface area contributed by atoms with Crippen LogP contribution in [-0.4, -0.2) is 4.98 Å². The van der Waals surface area contributed by atoms with Gasteiger partial charge in [-0.1, -0.05) is 56.5 Å². The predicted molar refractivity (Wildman–Crippen MR) is 129 cm³/mol. The quantitative estimate of drug-likeness (QED) is 0.137. The first-order valence-corrected chi connectivity index (χ1v) is 11.8. The second-order valence-electron chi connectivity index (χ2n) is 8.71. The van der Waals surface area contributed by atoms with Crippen LogP contribution in [-0.2, 0) is 19.3 Å². The Morgan fingerprint density at radius 2 is 1.47 bits per heavy atom. The van der Waals surface area contributed by atoms with E-state index < -0.39 is 17.5 Å². The molecule has 1 heterocycles. The number of unbranched alkanes of at least 4 members (excludes halogenated alkanes) is 3. The maximum absolute atomic E-state index is 15.1. The fraction of sp³-hybridized carbons (Fsp3) is 0.276. The Kier molecular flexibility index (Phi) is 7.61. The molecule has 0 saturated heterocycles. The van der Waals surface area contributed by atoms with Crippen molar-refractivity contribution in [3.05, 3.63) is 101 Å². The van der Waals surface area contributed by atoms with Crippen LogP contribution in [0.2, 0.25) is 0 Å². The second kappa shape index (κ2) is 10.8. The molecule has 0 N–H and O–H groups in total. The Hall–Kier alpha value is -3.21. The largest absolute Gasteiger partial charge is 0.256 e. The zero-order valence-corrected chi connectivity index (χ0v) is 19.2. The van der Waals surface area contributed by atoms with Gasteiger partial charge in [-0.3, -0.25) is 4.98 Å². The van der Waals surface area contributed by atoms with Gasteiger partial charge in [0, 0.05) is 17.1 Å². The third-order valence-corrected chi connectivity index (χ3v) is 6.20. The number of hydrogen-bond acceptors (Lipinski definition) is 1. The van der Waals surface area contributed by atoms with Gasteiger partial charge in [-0.15, -0.1) is 0 Å². The Labute approximate surface area is 197 Å². The standard InChI is InChI=1S/C29H27F4N/c1-2-3-4-5-6-19-8-14-27(34-18-19)23-12-13-24-22(17-23)11-10-21(28(24)32)9-7-20-15-25(30)29(33)26(31)16-20/h8,10-18H,2-7,9H2,1H3. The molecular formula is C29H27F4N. The van der Waals surface area contributed by atoms with Crippen molar-refractivity contribution in [2.75, 3.05) is 0 Å². The van der Waals surface area contributed by atoms with Crippen molar-refractivity contribution in [1.29, 1.82) is 0 Å². The van der Waals surface area contributed by atoms with Crippen molar-refractivity contribution in [3.63, 3.8) is 0 Å². The van der Waals surface area contributed by atoms with Crippen molar-refractivity contribution in [2.24, 2.45) is 0 Å². The van der Waals surface area contributed by atoms with E-state index in [1.165, 1.54) is 24.8 Å². The molecular weight excluding hydrogens is 438 g/mol. The van der Waals surface area contributed by atoms with Crippen molar-refractivity contribution in [1.82, 2.24) is 4.98 Å². The molecule has 0 saturated carbocycles. The van der Waals surface area contributed by atoms with E-state index in [-0.39, 0.29) is 24.2 Å². The number of fused-ring (bicyclic) bond motifs is 1. The third kappa shape index (κ3) is 5.46. The summed E-state index contributed by atoms with van der Waals surface area (Å²) in [4.78, 5) is 4.60. The summed E-state index contributed by atoms with van der Waals surface area (Å²) in [6.45, 7) is 2.20. The number of aromatic nitrogens is 1. The van der Waals surface area contributed by atoms with Gasteiger partial charge in [0.2, 0.25) is 0 Å². The molecule has 4 rings (SSSR count). The Balaban J connectivity index is 1.48. The lowest BCUT2D eigenvalue weighted by atomic mass is 9.98. The lowest BCUT2D eigenvalue weighted by Gasteiger charge is -2.10. The van der Waals surface area contributed by atoms with Gasteiger partial charge in [0.1, 0.15) is 5.82 Å². The van der Waals surface area contributed by atoms with Gasteiger partial charge in [0.15, 0.2) is 17.5 Å². The van der Waals surface area contributed by atoms with Gasteiger partial charge < -0.3 is 0 Å². The van der Waals surface area contributed by atoms with Crippen LogP contribution in [0, 0.1) is 23.3 Å². The number of pyridine rings is 1. The summed E-state index contributed by atoms with van der Waals surface area (Å²) < 4.78 is 55.2. The van der Waals surface area contributed by atoms with E-state index in [1.54, 1.807) is 12.1 Å². The van der Waals surface area contributed by atoms with Gasteiger partial charge >= 0.3 is 0 Å². The first kappa shape index (κ1) is 23.9. The van der Waals surface area contributed by atoms with Gasteiger partial charge in [-0.05, 0) is 72.0 Å². The molecule has 176 valence electrons. The number of nitrogens with zero attached hydrogens (tertiary/aromatic N) is 1. The van der Waals surface area contributed by atoms with E-state index in [0.717, 1.165) is 41.6 Å². The zero-order valence-electron chi connectivity index (χ0n) is 19.2. The van der Waals surface area contributed by atoms with Crippen LogP contribution in [0.3, 0.4) is 0 Å². The van der Waals surface area contributed by atoms with Gasteiger partial charge in [-0.25, -0.2) is 17.6 Å². The summed E-state index contributed by atoms with van der Waals surface area (Å²) in [6, 6.07) is 15.0. The predicted octanol–water partition coefficient (Wildman–Crippen LogP) is 8.37. The molecule has 34 heavy (non-hydrogen) atoms. The van der Waals surface area contributed by atoms with Crippen molar-refractivity contribution in [3.8, 4) is 11.3 Å². The van der Waals surface area contributed by atoms with Crippen LogP contribution in [0.15, 0.2) is 60.8 Å². The minimum Gasteiger partial charge on any atom is -0.256 e. The van der Waals surface area contributed by atoms with Gasteiger partial charge in [0.25, 0.3) is 0 Å². The normalized spacial score (nSPS) is 11.3. The third-order valence-electron chi connectivity index (χ3n) is 6.20. The number of halogens is 4. The van der Waals surface area contributed by atoms with Crippen LogP contribution >= 0.6 is 0 Å². The van der Waals surface area contributed by atoms with E-state index in [2.05, 4.69) is 18.0 Å². The number of aryl methyl sites for hydroxylation is 3. The van der Waals surface area contributed by atoms with Crippen LogP contribution < -0.4 is 0 Å². The van der Waals surface area contributed by atoms with E-state index in [9.17, 15) is 13.2 Å². The molecule has 0 aliphatic heterocycles. The highest BCUT2D eigenvalue weighted by atomic mass is 19.2. The summed E-state index contributed by atoms with van der Waals surface area (Å²) in [5, 5.41) is 1.23. The maximum Gasteiger partial charge on any atom is 0.194 e. The van der Waals surface area contributed by atoms with Crippen LogP contribution in [0.25, 0.3) is 22.0 Å². The number of hydrogen-bond donors (Lipinski definition) is 0. The summed E-state index contributed by atoms with van der Waals surface area (Å²) in [5.41, 5.74) is 3.69. The summed E-state index contributed by atoms with van der Waals surface area (Å²) in [5.74, 6) is -4.32. The average Bonchev–Trinajstić information content (AvgIpc) is 2.85. The molecule has 0 aliphatic rings. The molecule has 1 nitrogen and oxygen atoms in total. The van der Waals surface area contributed by atoms with Crippen LogP contribution in [0.1, 0.15) is 49.3 Å². The Morgan fingerprint density at radius 1 is 0.676 bits per heavy atom. The minimum absolute atomic E-state index is 0.198. The fourth-order valence-electron chi connectivity index (χ4n) is 4.22. The Morgan fingerprint density at radius 3 is 2.18 bits per heavy atom. The molecule has 1 aromatic heterocycles. The zero-order chi connectivity index (χ0) is 24.1. The molecule has 0 spiro atoms. The lowest BCUT2D eigenvalue weighted by Crippen LogP contribution is -1.99. The van der Waals surface area contributed by atoms with E-state index in [0.29, 0.717) is 10.9 Å². The van der Waals surface area contributed by atoms with Crippen LogP contribution in [0.4, 0.5) is 17.6 Å². The van der Waals surface area contributed by atoms with E-state index in [1.807, 2.05) is 30.5 Å². The monoisotopic (exact) mass is 465 g/mol. The van der Waals surface area contributed by atoms with E-state index >= 15 is 4.39 Å². The van der Waals surface area contributed by atoms with Crippen molar-refractivity contribution >= 4 is 10.8 Å². The molecule has 0 radical (unpaired) electrons. The minimum atomic E-state index is -1.49. The van der Waals surface area contributed by atoms with E-state index in [4.69, 9.17) is 0 Å². The molecule has 0 aliphatic carbocycles. The molecule has 0 amide bonds. The highest BCUT2D eigenvalue weighted by molar-refractivity contribution is 5.88. The van der Waals surface area contributed by atoms with Crippen LogP contribution in [0.5, 0.6) is 0 Å². The number of benzene rings is 3. The fourth-order valence-corrected chi connectivity index (χ4v) is 4.22. The Bertz CT molecular complexity index is 1260. The second-order valence-corrected chi connectivity index (χ2v) is 8.71. The molecule has 0 atom stereocenters. The summed E-state index contributed by atoms with van der Waals surface area (Å²) >= 11 is 0. The maximum atomic E-state index is 15.1. The molecule has 5 heteroatoms. The SMILES string of the molecule is CCCCCCc1ccc(-c2ccc3c(F)c(CCc4cc(F)c(F)c(F)c4)ccc3c2)nc1. The summed E-state index contributed by atoms with van der Waals surface area (Å²) in [6.07, 6.45) is 8.25. The highest BCUT2D eigenvalue weighted by Gasteiger charge is 2.13. The topological polar surface area (TPSA) is 12.9 Å². The first-order chi connectivity index (χ1) is 16.5. The van der Waals surface area contributed by atoms with Gasteiger partial charge in [0.05, 0.1) is 5.69 Å². The first-order valence-electron chi connectivity index (χ1n) is 11.8. The molecule has 0 bridgehead atoms. The van der Waals surface area contributed by atoms with Crippen molar-refractivity contribution in [2.45, 2.75) is 51.9 Å². The molecule has 0 unspecified atom stereocenters. The highest BCUT2D eigenvalue weighted by Crippen LogP contribution is 2.28. The summed E-state index contributed by atoms with van der Waals surface area (Å²) in [7, 11) is 0. The van der Waals surface area contributed by atoms with Crippen molar-refractivity contribution < 1.29 is 17.6 Å². The molecule has 4 aromatic rings. The van der Waals surface area contributed by atoms with Gasteiger partial charge in [-0.2, -0.15) is 0 Å². The molecule has 0 fully saturated rings. The number of rotatable bonds is 9. The molecule has 3 aromatic carbocycles. The lowest BCUT2D eigenvalue weighted by molar-refractivity contribution is 0.445.